The number of rotatable bonds is 3. The maximum atomic E-state index is 12.5. The van der Waals surface area contributed by atoms with Gasteiger partial charge in [0.05, 0.1) is 29.6 Å². The van der Waals surface area contributed by atoms with Gasteiger partial charge in [0.1, 0.15) is 11.4 Å². The summed E-state index contributed by atoms with van der Waals surface area (Å²) in [7, 11) is 1.60. The Kier molecular flexibility index (Phi) is 5.87. The van der Waals surface area contributed by atoms with E-state index in [0.29, 0.717) is 13.2 Å². The summed E-state index contributed by atoms with van der Waals surface area (Å²) >= 11 is 0. The molecule has 0 spiro atoms. The highest BCUT2D eigenvalue weighted by Crippen LogP contribution is 2.36. The zero-order valence-electron chi connectivity index (χ0n) is 20.9. The number of H-pyrrole nitrogens is 1. The third-order valence-electron chi connectivity index (χ3n) is 6.62. The Bertz CT molecular complexity index is 996. The third kappa shape index (κ3) is 4.81. The van der Waals surface area contributed by atoms with Crippen LogP contribution in [-0.4, -0.2) is 70.0 Å². The zero-order chi connectivity index (χ0) is 24.2. The van der Waals surface area contributed by atoms with Crippen molar-refractivity contribution < 1.29 is 18.8 Å². The molecule has 0 bridgehead atoms. The molecule has 9 heteroatoms. The summed E-state index contributed by atoms with van der Waals surface area (Å²) in [6.45, 7) is 14.9. The molecule has 0 saturated carbocycles. The average molecular weight is 454 g/mol. The Morgan fingerprint density at radius 2 is 1.76 bits per heavy atom. The maximum Gasteiger partial charge on any atom is 0.494 e. The lowest BCUT2D eigenvalue weighted by Crippen LogP contribution is -2.41. The van der Waals surface area contributed by atoms with Gasteiger partial charge in [-0.15, -0.1) is 0 Å². The van der Waals surface area contributed by atoms with Crippen LogP contribution in [0.15, 0.2) is 30.5 Å². The van der Waals surface area contributed by atoms with Gasteiger partial charge in [-0.2, -0.15) is 0 Å². The molecule has 3 heterocycles. The van der Waals surface area contributed by atoms with E-state index in [1.165, 1.54) is 0 Å². The number of ether oxygens (including phenoxy) is 1. The van der Waals surface area contributed by atoms with Gasteiger partial charge in [-0.25, -0.2) is 9.78 Å². The molecule has 178 valence electrons. The lowest BCUT2D eigenvalue weighted by molar-refractivity contribution is 0.00578. The van der Waals surface area contributed by atoms with Crippen molar-refractivity contribution in [1.82, 2.24) is 19.8 Å². The van der Waals surface area contributed by atoms with Crippen LogP contribution in [0.4, 0.5) is 4.79 Å². The average Bonchev–Trinajstić information content (AvgIpc) is 3.37. The number of aromatic amines is 1. The second-order valence-electron chi connectivity index (χ2n) is 11.0. The molecule has 1 amide bonds. The molecule has 2 aliphatic rings. The van der Waals surface area contributed by atoms with E-state index in [2.05, 4.69) is 37.6 Å². The number of carbonyl (C=O) groups is 1. The summed E-state index contributed by atoms with van der Waals surface area (Å²) in [6, 6.07) is 8.10. The molecule has 1 unspecified atom stereocenters. The van der Waals surface area contributed by atoms with Crippen LogP contribution >= 0.6 is 0 Å². The van der Waals surface area contributed by atoms with Crippen molar-refractivity contribution >= 4 is 18.7 Å². The molecule has 1 atom stereocenters. The number of likely N-dealkylation sites (N-methyl/N-ethyl adjacent to an activating group) is 1. The highest BCUT2D eigenvalue weighted by Gasteiger charge is 2.51. The van der Waals surface area contributed by atoms with Gasteiger partial charge in [0.2, 0.25) is 0 Å². The molecule has 33 heavy (non-hydrogen) atoms. The van der Waals surface area contributed by atoms with Gasteiger partial charge in [-0.05, 0) is 61.0 Å². The Balaban J connectivity index is 1.44. The number of aromatic nitrogens is 2. The number of benzene rings is 1. The predicted molar refractivity (Wildman–Crippen MR) is 128 cm³/mol. The molecule has 4 rings (SSSR count). The van der Waals surface area contributed by atoms with Gasteiger partial charge in [0, 0.05) is 18.3 Å². The van der Waals surface area contributed by atoms with E-state index in [4.69, 9.17) is 19.0 Å². The monoisotopic (exact) mass is 454 g/mol. The Morgan fingerprint density at radius 1 is 1.15 bits per heavy atom. The van der Waals surface area contributed by atoms with Crippen molar-refractivity contribution in [1.29, 1.82) is 0 Å². The smallest absolute Gasteiger partial charge is 0.444 e. The molecule has 0 aliphatic carbocycles. The molecule has 1 aromatic heterocycles. The Hall–Kier alpha value is -2.36. The van der Waals surface area contributed by atoms with Crippen molar-refractivity contribution in [2.24, 2.45) is 0 Å². The highest BCUT2D eigenvalue weighted by atomic mass is 16.7. The molecule has 8 nitrogen and oxygen atoms in total. The number of hydrogen-bond donors (Lipinski definition) is 1. The number of nitrogens with one attached hydrogen (secondary N) is 1. The molecule has 1 aromatic carbocycles. The summed E-state index contributed by atoms with van der Waals surface area (Å²) in [5.74, 6) is 0.827. The van der Waals surface area contributed by atoms with Crippen LogP contribution in [0.2, 0.25) is 0 Å². The molecular weight excluding hydrogens is 419 g/mol. The van der Waals surface area contributed by atoms with E-state index in [1.54, 1.807) is 4.90 Å². The Morgan fingerprint density at radius 3 is 2.33 bits per heavy atom. The van der Waals surface area contributed by atoms with E-state index in [-0.39, 0.29) is 30.5 Å². The van der Waals surface area contributed by atoms with E-state index in [9.17, 15) is 4.79 Å². The number of nitrogens with zero attached hydrogens (tertiary/aromatic N) is 3. The lowest BCUT2D eigenvalue weighted by Gasteiger charge is -2.32. The summed E-state index contributed by atoms with van der Waals surface area (Å²) < 4.78 is 17.8. The summed E-state index contributed by atoms with van der Waals surface area (Å²) in [5, 5.41) is 0. The van der Waals surface area contributed by atoms with Crippen molar-refractivity contribution in [2.45, 2.75) is 71.3 Å². The standard InChI is InChI=1S/C24H35BN4O4/c1-22(2,3)31-21(30)29-14-19(28(8)15-29)20-26-13-18(27-20)16-9-11-17(12-10-16)25-32-23(4,5)24(6,7)33-25/h9-13,19H,14-15H2,1-8H3,(H,26,27). The summed E-state index contributed by atoms with van der Waals surface area (Å²) in [6.07, 6.45) is 1.60. The first-order chi connectivity index (χ1) is 15.3. The van der Waals surface area contributed by atoms with E-state index in [0.717, 1.165) is 22.5 Å². The van der Waals surface area contributed by atoms with Crippen molar-refractivity contribution in [3.8, 4) is 11.3 Å². The van der Waals surface area contributed by atoms with E-state index < -0.39 is 5.60 Å². The first kappa shape index (κ1) is 23.8. The first-order valence-electron chi connectivity index (χ1n) is 11.5. The van der Waals surface area contributed by atoms with Crippen LogP contribution in [-0.2, 0) is 14.0 Å². The van der Waals surface area contributed by atoms with E-state index in [1.807, 2.05) is 58.3 Å². The van der Waals surface area contributed by atoms with Crippen molar-refractivity contribution in [3.05, 3.63) is 36.3 Å². The molecule has 0 radical (unpaired) electrons. The van der Waals surface area contributed by atoms with Crippen molar-refractivity contribution in [2.75, 3.05) is 20.3 Å². The Labute approximate surface area is 196 Å². The second kappa shape index (κ2) is 8.15. The topological polar surface area (TPSA) is 79.9 Å². The molecule has 2 fully saturated rings. The van der Waals surface area contributed by atoms with Crippen LogP contribution in [0, 0.1) is 0 Å². The molecular formula is C24H35BN4O4. The van der Waals surface area contributed by atoms with Crippen LogP contribution < -0.4 is 5.46 Å². The van der Waals surface area contributed by atoms with Gasteiger partial charge in [-0.1, -0.05) is 24.3 Å². The minimum atomic E-state index is -0.516. The van der Waals surface area contributed by atoms with Crippen LogP contribution in [0.1, 0.15) is 60.3 Å². The van der Waals surface area contributed by atoms with Gasteiger partial charge < -0.3 is 19.0 Å². The minimum Gasteiger partial charge on any atom is -0.444 e. The van der Waals surface area contributed by atoms with Gasteiger partial charge in [0.15, 0.2) is 0 Å². The number of amides is 1. The predicted octanol–water partition coefficient (Wildman–Crippen LogP) is 3.56. The minimum absolute atomic E-state index is 0.0182. The maximum absolute atomic E-state index is 12.5. The number of hydrogen-bond acceptors (Lipinski definition) is 6. The molecule has 2 aliphatic heterocycles. The van der Waals surface area contributed by atoms with Crippen molar-refractivity contribution in [3.63, 3.8) is 0 Å². The van der Waals surface area contributed by atoms with Crippen LogP contribution in [0.25, 0.3) is 11.3 Å². The fourth-order valence-corrected chi connectivity index (χ4v) is 3.97. The summed E-state index contributed by atoms with van der Waals surface area (Å²) in [5.41, 5.74) is 1.59. The van der Waals surface area contributed by atoms with Crippen LogP contribution in [0.5, 0.6) is 0 Å². The number of carbonyl (C=O) groups excluding carboxylic acids is 1. The van der Waals surface area contributed by atoms with Gasteiger partial charge in [0.25, 0.3) is 0 Å². The highest BCUT2D eigenvalue weighted by molar-refractivity contribution is 6.62. The quantitative estimate of drug-likeness (QED) is 0.715. The number of imidazole rings is 1. The fourth-order valence-electron chi connectivity index (χ4n) is 3.97. The molecule has 2 saturated heterocycles. The zero-order valence-corrected chi connectivity index (χ0v) is 20.9. The molecule has 1 N–H and O–H groups in total. The lowest BCUT2D eigenvalue weighted by atomic mass is 9.79. The van der Waals surface area contributed by atoms with Gasteiger partial charge >= 0.3 is 13.2 Å². The molecule has 2 aromatic rings. The first-order valence-corrected chi connectivity index (χ1v) is 11.5. The van der Waals surface area contributed by atoms with Gasteiger partial charge in [-0.3, -0.25) is 9.80 Å². The summed E-state index contributed by atoms with van der Waals surface area (Å²) in [4.78, 5) is 24.4. The SMILES string of the molecule is CN1CN(C(=O)OC(C)(C)C)CC1c1nc(-c2ccc(B3OC(C)(C)C(C)(C)O3)cc2)c[nH]1. The fraction of sp³-hybridized carbons (Fsp3) is 0.583. The normalized spacial score (nSPS) is 22.7. The van der Waals surface area contributed by atoms with E-state index >= 15 is 0 Å². The van der Waals surface area contributed by atoms with Crippen LogP contribution in [0.3, 0.4) is 0 Å². The third-order valence-corrected chi connectivity index (χ3v) is 6.62. The largest absolute Gasteiger partial charge is 0.494 e. The second-order valence-corrected chi connectivity index (χ2v) is 11.0.